The Morgan fingerprint density at radius 2 is 1.89 bits per heavy atom. The molecule has 0 spiro atoms. The predicted molar refractivity (Wildman–Crippen MR) is 55.2 cm³/mol. The van der Waals surface area contributed by atoms with Crippen molar-refractivity contribution in [1.29, 1.82) is 0 Å². The summed E-state index contributed by atoms with van der Waals surface area (Å²) >= 11 is 0. The number of nitrogens with zero attached hydrogens (tertiary/aromatic N) is 2. The van der Waals surface area contributed by atoms with E-state index in [9.17, 15) is 21.6 Å². The predicted octanol–water partition coefficient (Wildman–Crippen LogP) is 0.911. The van der Waals surface area contributed by atoms with Gasteiger partial charge in [-0.15, -0.1) is 0 Å². The molecule has 2 atom stereocenters. The molecule has 2 N–H and O–H groups in total. The lowest BCUT2D eigenvalue weighted by molar-refractivity contribution is -0.190. The summed E-state index contributed by atoms with van der Waals surface area (Å²) < 4.78 is 64.6. The second-order valence-electron chi connectivity index (χ2n) is 4.13. The first-order valence-corrected chi connectivity index (χ1v) is 6.71. The topological polar surface area (TPSA) is 99.1 Å². The van der Waals surface area contributed by atoms with Crippen molar-refractivity contribution in [3.63, 3.8) is 0 Å². The van der Waals surface area contributed by atoms with Crippen LogP contribution in [-0.4, -0.2) is 31.0 Å². The van der Waals surface area contributed by atoms with Gasteiger partial charge in [0.25, 0.3) is 5.89 Å². The van der Waals surface area contributed by atoms with Gasteiger partial charge in [-0.3, -0.25) is 0 Å². The number of hydrogen-bond acceptors (Lipinski definition) is 6. The minimum Gasteiger partial charge on any atom is -0.337 e. The number of alkyl halides is 3. The Hall–Kier alpha value is -1.16. The molecule has 0 aromatic carbocycles. The molecule has 6 nitrogen and oxygen atoms in total. The lowest BCUT2D eigenvalue weighted by atomic mass is 10.0. The zero-order valence-electron chi connectivity index (χ0n) is 9.82. The molecular formula is C8H12F3N3O3S. The smallest absolute Gasteiger partial charge is 0.337 e. The first-order valence-electron chi connectivity index (χ1n) is 4.76. The number of rotatable bonds is 3. The minimum absolute atomic E-state index is 0.353. The summed E-state index contributed by atoms with van der Waals surface area (Å²) in [5.74, 6) is -1.23. The van der Waals surface area contributed by atoms with Crippen LogP contribution in [-0.2, 0) is 15.4 Å². The molecule has 0 aliphatic heterocycles. The van der Waals surface area contributed by atoms with E-state index in [1.165, 1.54) is 6.92 Å². The fourth-order valence-electron chi connectivity index (χ4n) is 0.924. The Bertz CT molecular complexity index is 535. The van der Waals surface area contributed by atoms with E-state index >= 15 is 0 Å². The van der Waals surface area contributed by atoms with Crippen LogP contribution >= 0.6 is 0 Å². The molecule has 0 radical (unpaired) electrons. The van der Waals surface area contributed by atoms with Gasteiger partial charge < -0.3 is 10.3 Å². The fourth-order valence-corrected chi connectivity index (χ4v) is 1.40. The summed E-state index contributed by atoms with van der Waals surface area (Å²) in [7, 11) is -3.53. The van der Waals surface area contributed by atoms with E-state index in [1.807, 2.05) is 0 Å². The lowest BCUT2D eigenvalue weighted by Crippen LogP contribution is -2.48. The van der Waals surface area contributed by atoms with Crippen LogP contribution in [0, 0.1) is 0 Å². The molecule has 0 aliphatic rings. The van der Waals surface area contributed by atoms with Crippen molar-refractivity contribution in [1.82, 2.24) is 10.1 Å². The van der Waals surface area contributed by atoms with Gasteiger partial charge in [0.1, 0.15) is 5.25 Å². The molecule has 0 fully saturated rings. The van der Waals surface area contributed by atoms with Crippen molar-refractivity contribution < 1.29 is 26.1 Å². The van der Waals surface area contributed by atoms with Crippen molar-refractivity contribution in [2.75, 3.05) is 6.26 Å². The van der Waals surface area contributed by atoms with Crippen LogP contribution in [0.2, 0.25) is 0 Å². The number of nitrogens with two attached hydrogens (primary N) is 1. The van der Waals surface area contributed by atoms with Crippen LogP contribution in [0.15, 0.2) is 4.52 Å². The molecule has 18 heavy (non-hydrogen) atoms. The largest absolute Gasteiger partial charge is 0.415 e. The van der Waals surface area contributed by atoms with Gasteiger partial charge in [-0.1, -0.05) is 5.16 Å². The molecule has 0 amide bonds. The monoisotopic (exact) mass is 287 g/mol. The molecule has 1 heterocycles. The highest BCUT2D eigenvalue weighted by Crippen LogP contribution is 2.35. The van der Waals surface area contributed by atoms with Crippen LogP contribution in [0.1, 0.15) is 30.8 Å². The Balaban J connectivity index is 3.16. The lowest BCUT2D eigenvalue weighted by Gasteiger charge is -2.22. The highest BCUT2D eigenvalue weighted by atomic mass is 32.2. The number of hydrogen-bond donors (Lipinski definition) is 1. The third kappa shape index (κ3) is 2.64. The highest BCUT2D eigenvalue weighted by molar-refractivity contribution is 7.90. The first-order chi connectivity index (χ1) is 7.87. The van der Waals surface area contributed by atoms with Crippen LogP contribution in [0.5, 0.6) is 0 Å². The second kappa shape index (κ2) is 4.19. The van der Waals surface area contributed by atoms with Crippen molar-refractivity contribution in [3.05, 3.63) is 11.7 Å². The van der Waals surface area contributed by atoms with E-state index in [-0.39, 0.29) is 5.82 Å². The maximum atomic E-state index is 12.6. The Kier molecular flexibility index (Phi) is 3.47. The van der Waals surface area contributed by atoms with Crippen molar-refractivity contribution in [2.45, 2.75) is 30.8 Å². The molecular weight excluding hydrogens is 275 g/mol. The van der Waals surface area contributed by atoms with Gasteiger partial charge in [0.2, 0.25) is 0 Å². The molecule has 1 aromatic heterocycles. The Labute approximate surface area is 101 Å². The van der Waals surface area contributed by atoms with Gasteiger partial charge >= 0.3 is 6.18 Å². The van der Waals surface area contributed by atoms with Crippen molar-refractivity contribution in [2.24, 2.45) is 5.73 Å². The van der Waals surface area contributed by atoms with Gasteiger partial charge in [-0.25, -0.2) is 8.42 Å². The summed E-state index contributed by atoms with van der Waals surface area (Å²) in [4.78, 5) is 3.41. The zero-order chi connectivity index (χ0) is 14.4. The minimum atomic E-state index is -4.79. The average molecular weight is 287 g/mol. The molecule has 0 saturated heterocycles. The molecule has 0 bridgehead atoms. The Morgan fingerprint density at radius 3 is 2.28 bits per heavy atom. The van der Waals surface area contributed by atoms with Gasteiger partial charge in [0, 0.05) is 6.26 Å². The molecule has 0 aliphatic carbocycles. The molecule has 1 aromatic rings. The normalized spacial score (nSPS) is 18.4. The summed E-state index contributed by atoms with van der Waals surface area (Å²) in [6.07, 6.45) is -3.87. The number of halogens is 3. The number of sulfone groups is 1. The molecule has 2 unspecified atom stereocenters. The van der Waals surface area contributed by atoms with Gasteiger partial charge in [-0.2, -0.15) is 18.2 Å². The van der Waals surface area contributed by atoms with Crippen molar-refractivity contribution >= 4 is 9.84 Å². The molecule has 1 rings (SSSR count). The third-order valence-corrected chi connectivity index (χ3v) is 3.98. The SMILES string of the molecule is CC(c1noc(C(C)(N)C(F)(F)F)n1)S(C)(=O)=O. The Morgan fingerprint density at radius 1 is 1.39 bits per heavy atom. The van der Waals surface area contributed by atoms with Crippen LogP contribution in [0.25, 0.3) is 0 Å². The van der Waals surface area contributed by atoms with E-state index in [0.29, 0.717) is 6.92 Å². The van der Waals surface area contributed by atoms with Gasteiger partial charge in [-0.05, 0) is 13.8 Å². The zero-order valence-corrected chi connectivity index (χ0v) is 10.6. The number of aromatic nitrogens is 2. The third-order valence-electron chi connectivity index (χ3n) is 2.48. The maximum absolute atomic E-state index is 12.6. The van der Waals surface area contributed by atoms with Gasteiger partial charge in [0.15, 0.2) is 21.2 Å². The molecule has 104 valence electrons. The van der Waals surface area contributed by atoms with E-state index < -0.39 is 32.7 Å². The first kappa shape index (κ1) is 14.9. The molecule has 10 heteroatoms. The summed E-state index contributed by atoms with van der Waals surface area (Å²) in [6.45, 7) is 1.90. The van der Waals surface area contributed by atoms with Crippen LogP contribution in [0.4, 0.5) is 13.2 Å². The quantitative estimate of drug-likeness (QED) is 0.887. The molecule has 0 saturated carbocycles. The van der Waals surface area contributed by atoms with E-state index in [2.05, 4.69) is 14.7 Å². The van der Waals surface area contributed by atoms with E-state index in [4.69, 9.17) is 5.73 Å². The summed E-state index contributed by atoms with van der Waals surface area (Å²) in [6, 6.07) is 0. The average Bonchev–Trinajstić information content (AvgIpc) is 2.62. The van der Waals surface area contributed by atoms with Crippen LogP contribution in [0.3, 0.4) is 0 Å². The summed E-state index contributed by atoms with van der Waals surface area (Å²) in [5.41, 5.74) is 2.24. The standard InChI is InChI=1S/C8H12F3N3O3S/c1-4(18(3,15)16)5-13-6(17-14-5)7(2,12)8(9,10)11/h4H,12H2,1-3H3. The fraction of sp³-hybridized carbons (Fsp3) is 0.750. The highest BCUT2D eigenvalue weighted by Gasteiger charge is 2.53. The van der Waals surface area contributed by atoms with Crippen LogP contribution < -0.4 is 5.73 Å². The van der Waals surface area contributed by atoms with Crippen molar-refractivity contribution in [3.8, 4) is 0 Å². The summed E-state index contributed by atoms with van der Waals surface area (Å²) in [5, 5.41) is 2.05. The van der Waals surface area contributed by atoms with Gasteiger partial charge in [0.05, 0.1) is 0 Å². The van der Waals surface area contributed by atoms with E-state index in [0.717, 1.165) is 6.26 Å². The van der Waals surface area contributed by atoms with E-state index in [1.54, 1.807) is 0 Å². The maximum Gasteiger partial charge on any atom is 0.415 e. The second-order valence-corrected chi connectivity index (χ2v) is 6.50.